The van der Waals surface area contributed by atoms with Gasteiger partial charge in [0.05, 0.1) is 11.4 Å². The fraction of sp³-hybridized carbons (Fsp3) is 0.150. The van der Waals surface area contributed by atoms with Gasteiger partial charge in [-0.1, -0.05) is 0 Å². The third kappa shape index (κ3) is 4.03. The molecule has 0 saturated heterocycles. The molecule has 0 atom stereocenters. The number of H-pyrrole nitrogens is 1. The zero-order valence-corrected chi connectivity index (χ0v) is 17.4. The third-order valence-electron chi connectivity index (χ3n) is 4.33. The van der Waals surface area contributed by atoms with E-state index in [0.717, 1.165) is 0 Å². The van der Waals surface area contributed by atoms with E-state index in [1.54, 1.807) is 51.1 Å². The molecule has 0 aliphatic carbocycles. The van der Waals surface area contributed by atoms with E-state index in [2.05, 4.69) is 24.9 Å². The van der Waals surface area contributed by atoms with Crippen molar-refractivity contribution >= 4 is 15.7 Å². The molecule has 0 unspecified atom stereocenters. The number of sulfonamides is 1. The molecule has 4 aromatic rings. The van der Waals surface area contributed by atoms with Crippen LogP contribution in [-0.4, -0.2) is 33.2 Å². The zero-order chi connectivity index (χ0) is 21.3. The smallest absolute Gasteiger partial charge is 0.265 e. The van der Waals surface area contributed by atoms with Crippen LogP contribution in [0.15, 0.2) is 59.8 Å². The van der Waals surface area contributed by atoms with Gasteiger partial charge in [0.15, 0.2) is 0 Å². The molecular formula is C20H20N6O3S. The number of hydrogen-bond donors (Lipinski definition) is 2. The van der Waals surface area contributed by atoms with Gasteiger partial charge in [0.1, 0.15) is 22.3 Å². The summed E-state index contributed by atoms with van der Waals surface area (Å²) in [7, 11) is -3.75. The molecule has 0 aliphatic rings. The van der Waals surface area contributed by atoms with Crippen molar-refractivity contribution in [3.8, 4) is 17.4 Å². The number of aryl methyl sites for hydroxylation is 3. The monoisotopic (exact) mass is 424 g/mol. The molecule has 2 N–H and O–H groups in total. The van der Waals surface area contributed by atoms with Gasteiger partial charge in [-0.05, 0) is 57.2 Å². The molecule has 3 aromatic heterocycles. The molecule has 9 nitrogen and oxygen atoms in total. The van der Waals surface area contributed by atoms with Crippen LogP contribution in [0.4, 0.5) is 5.69 Å². The van der Waals surface area contributed by atoms with Crippen LogP contribution in [0, 0.1) is 20.8 Å². The summed E-state index contributed by atoms with van der Waals surface area (Å²) in [5.41, 5.74) is 1.31. The third-order valence-corrected chi connectivity index (χ3v) is 5.97. The summed E-state index contributed by atoms with van der Waals surface area (Å²) in [6, 6.07) is 12.1. The molecule has 1 aromatic carbocycles. The first-order chi connectivity index (χ1) is 14.3. The fourth-order valence-electron chi connectivity index (χ4n) is 3.05. The topological polar surface area (TPSA) is 115 Å². The van der Waals surface area contributed by atoms with Crippen molar-refractivity contribution in [2.24, 2.45) is 0 Å². The minimum atomic E-state index is -3.75. The number of hydrogen-bond acceptors (Lipinski definition) is 6. The van der Waals surface area contributed by atoms with E-state index in [1.165, 1.54) is 0 Å². The second-order valence-electron chi connectivity index (χ2n) is 6.70. The first kappa shape index (κ1) is 19.6. The number of aromatic amines is 1. The molecule has 0 spiro atoms. The zero-order valence-electron chi connectivity index (χ0n) is 16.6. The SMILES string of the molecule is Cc1nc(Oc2ccc(NS(=O)(=O)c3c(C)n[nH]c3C)cc2)cc(-n2cccc2)n1. The number of aromatic nitrogens is 5. The number of nitrogens with zero attached hydrogens (tertiary/aromatic N) is 4. The van der Waals surface area contributed by atoms with Gasteiger partial charge >= 0.3 is 0 Å². The summed E-state index contributed by atoms with van der Waals surface area (Å²) in [6.45, 7) is 5.09. The molecule has 0 radical (unpaired) electrons. The van der Waals surface area contributed by atoms with E-state index >= 15 is 0 Å². The Morgan fingerprint density at radius 3 is 2.37 bits per heavy atom. The maximum Gasteiger partial charge on any atom is 0.265 e. The van der Waals surface area contributed by atoms with Crippen LogP contribution in [0.5, 0.6) is 11.6 Å². The van der Waals surface area contributed by atoms with E-state index in [1.807, 2.05) is 29.1 Å². The van der Waals surface area contributed by atoms with Crippen LogP contribution in [0.1, 0.15) is 17.2 Å². The summed E-state index contributed by atoms with van der Waals surface area (Å²) in [6.07, 6.45) is 3.77. The second-order valence-corrected chi connectivity index (χ2v) is 8.32. The molecule has 0 saturated carbocycles. The Bertz CT molecular complexity index is 1260. The van der Waals surface area contributed by atoms with E-state index in [9.17, 15) is 8.42 Å². The molecule has 0 aliphatic heterocycles. The Labute approximate surface area is 173 Å². The highest BCUT2D eigenvalue weighted by molar-refractivity contribution is 7.92. The molecule has 4 rings (SSSR count). The summed E-state index contributed by atoms with van der Waals surface area (Å²) in [4.78, 5) is 8.85. The van der Waals surface area contributed by atoms with Crippen LogP contribution in [0.25, 0.3) is 5.82 Å². The molecule has 30 heavy (non-hydrogen) atoms. The first-order valence-corrected chi connectivity index (χ1v) is 10.6. The summed E-state index contributed by atoms with van der Waals surface area (Å²) in [5, 5.41) is 6.62. The Kier molecular flexibility index (Phi) is 5.00. The predicted molar refractivity (Wildman–Crippen MR) is 111 cm³/mol. The minimum absolute atomic E-state index is 0.150. The van der Waals surface area contributed by atoms with Crippen LogP contribution in [0.2, 0.25) is 0 Å². The Morgan fingerprint density at radius 2 is 1.73 bits per heavy atom. The van der Waals surface area contributed by atoms with E-state index in [4.69, 9.17) is 4.74 Å². The average molecular weight is 424 g/mol. The fourth-order valence-corrected chi connectivity index (χ4v) is 4.48. The van der Waals surface area contributed by atoms with Gasteiger partial charge in [-0.15, -0.1) is 0 Å². The highest BCUT2D eigenvalue weighted by atomic mass is 32.2. The van der Waals surface area contributed by atoms with Gasteiger partial charge in [0.25, 0.3) is 10.0 Å². The maximum absolute atomic E-state index is 12.6. The maximum atomic E-state index is 12.6. The van der Waals surface area contributed by atoms with Gasteiger partial charge in [0, 0.05) is 24.1 Å². The number of rotatable bonds is 6. The standard InChI is InChI=1S/C20H20N6O3S/c1-13-20(14(2)24-23-13)30(27,28)25-16-6-8-17(9-7-16)29-19-12-18(21-15(3)22-19)26-10-4-5-11-26/h4-12,25H,1-3H3,(H,23,24). The summed E-state index contributed by atoms with van der Waals surface area (Å²) < 4.78 is 35.5. The van der Waals surface area contributed by atoms with Crippen LogP contribution in [0.3, 0.4) is 0 Å². The molecular weight excluding hydrogens is 404 g/mol. The average Bonchev–Trinajstić information content (AvgIpc) is 3.33. The van der Waals surface area contributed by atoms with Gasteiger partial charge in [0.2, 0.25) is 5.88 Å². The molecule has 10 heteroatoms. The van der Waals surface area contributed by atoms with E-state index < -0.39 is 10.0 Å². The van der Waals surface area contributed by atoms with Gasteiger partial charge in [-0.25, -0.2) is 13.4 Å². The van der Waals surface area contributed by atoms with Crippen molar-refractivity contribution in [3.63, 3.8) is 0 Å². The van der Waals surface area contributed by atoms with Crippen molar-refractivity contribution in [1.82, 2.24) is 24.7 Å². The lowest BCUT2D eigenvalue weighted by Crippen LogP contribution is -2.14. The highest BCUT2D eigenvalue weighted by Crippen LogP contribution is 2.25. The Morgan fingerprint density at radius 1 is 1.03 bits per heavy atom. The van der Waals surface area contributed by atoms with Gasteiger partial charge < -0.3 is 9.30 Å². The van der Waals surface area contributed by atoms with Crippen molar-refractivity contribution in [3.05, 3.63) is 72.1 Å². The van der Waals surface area contributed by atoms with Crippen LogP contribution < -0.4 is 9.46 Å². The number of nitrogens with one attached hydrogen (secondary N) is 2. The van der Waals surface area contributed by atoms with Gasteiger partial charge in [-0.2, -0.15) is 10.1 Å². The largest absolute Gasteiger partial charge is 0.439 e. The number of ether oxygens (including phenoxy) is 1. The molecule has 0 bridgehead atoms. The molecule has 0 fully saturated rings. The molecule has 0 amide bonds. The Balaban J connectivity index is 1.52. The lowest BCUT2D eigenvalue weighted by Gasteiger charge is -2.10. The van der Waals surface area contributed by atoms with Crippen molar-refractivity contribution < 1.29 is 13.2 Å². The lowest BCUT2D eigenvalue weighted by molar-refractivity contribution is 0.459. The minimum Gasteiger partial charge on any atom is -0.439 e. The predicted octanol–water partition coefficient (Wildman–Crippen LogP) is 3.51. The van der Waals surface area contributed by atoms with Gasteiger partial charge in [-0.3, -0.25) is 9.82 Å². The van der Waals surface area contributed by atoms with Crippen LogP contribution >= 0.6 is 0 Å². The highest BCUT2D eigenvalue weighted by Gasteiger charge is 2.22. The summed E-state index contributed by atoms with van der Waals surface area (Å²) in [5.74, 6) is 2.18. The normalized spacial score (nSPS) is 11.4. The molecule has 154 valence electrons. The van der Waals surface area contributed by atoms with Crippen LogP contribution in [-0.2, 0) is 10.0 Å². The van der Waals surface area contributed by atoms with E-state index in [0.29, 0.717) is 40.3 Å². The second kappa shape index (κ2) is 7.64. The molecule has 3 heterocycles. The van der Waals surface area contributed by atoms with E-state index in [-0.39, 0.29) is 4.90 Å². The Hall–Kier alpha value is -3.66. The van der Waals surface area contributed by atoms with Crippen molar-refractivity contribution in [2.75, 3.05) is 4.72 Å². The quantitative estimate of drug-likeness (QED) is 0.489. The summed E-state index contributed by atoms with van der Waals surface area (Å²) >= 11 is 0. The number of anilines is 1. The van der Waals surface area contributed by atoms with Crippen molar-refractivity contribution in [1.29, 1.82) is 0 Å². The van der Waals surface area contributed by atoms with Crippen molar-refractivity contribution in [2.45, 2.75) is 25.7 Å². The first-order valence-electron chi connectivity index (χ1n) is 9.13. The lowest BCUT2D eigenvalue weighted by atomic mass is 10.3. The number of benzene rings is 1.